The monoisotopic (exact) mass is 570 g/mol. The van der Waals surface area contributed by atoms with Crippen LogP contribution in [0.15, 0.2) is 81.1 Å². The molecule has 2 aliphatic carbocycles. The maximum absolute atomic E-state index is 13.8. The number of nitrogens with zero attached hydrogens (tertiary/aromatic N) is 3. The molecule has 0 radical (unpaired) electrons. The fourth-order valence-electron chi connectivity index (χ4n) is 5.81. The molecule has 2 fully saturated rings. The van der Waals surface area contributed by atoms with Gasteiger partial charge in [0.15, 0.2) is 0 Å². The minimum absolute atomic E-state index is 0.0660. The van der Waals surface area contributed by atoms with Crippen LogP contribution in [0.2, 0.25) is 0 Å². The number of sulfonamides is 1. The van der Waals surface area contributed by atoms with Crippen LogP contribution in [0.3, 0.4) is 0 Å². The minimum Gasteiger partial charge on any atom is -0.433 e. The summed E-state index contributed by atoms with van der Waals surface area (Å²) in [7, 11) is -3.99. The Labute approximate surface area is 233 Å². The van der Waals surface area contributed by atoms with Crippen molar-refractivity contribution in [2.45, 2.75) is 43.4 Å². The molecule has 0 bridgehead atoms. The molecule has 1 atom stereocenters. The third-order valence-corrected chi connectivity index (χ3v) is 9.78. The number of carbonyl (C=O) groups is 1. The molecular weight excluding hydrogens is 538 g/mol. The Hall–Kier alpha value is -3.44. The molecule has 2 aliphatic heterocycles. The largest absolute Gasteiger partial charge is 0.433 e. The average molecular weight is 571 g/mol. The van der Waals surface area contributed by atoms with Gasteiger partial charge in [-0.25, -0.2) is 17.2 Å². The van der Waals surface area contributed by atoms with Gasteiger partial charge < -0.3 is 15.0 Å². The highest BCUT2D eigenvalue weighted by atomic mass is 32.2. The topological polar surface area (TPSA) is 103 Å². The fraction of sp³-hybridized carbons (Fsp3) is 0.414. The molecule has 2 saturated heterocycles. The van der Waals surface area contributed by atoms with Gasteiger partial charge in [-0.05, 0) is 92.2 Å². The number of esters is 1. The summed E-state index contributed by atoms with van der Waals surface area (Å²) in [5.74, 6) is -1.22. The lowest BCUT2D eigenvalue weighted by molar-refractivity contribution is -0.159. The molecule has 0 saturated carbocycles. The number of rotatable bonds is 7. The summed E-state index contributed by atoms with van der Waals surface area (Å²) >= 11 is 0. The predicted molar refractivity (Wildman–Crippen MR) is 149 cm³/mol. The van der Waals surface area contributed by atoms with Gasteiger partial charge >= 0.3 is 5.97 Å². The van der Waals surface area contributed by atoms with E-state index >= 15 is 0 Å². The highest BCUT2D eigenvalue weighted by Crippen LogP contribution is 2.47. The lowest BCUT2D eigenvalue weighted by Gasteiger charge is -2.44. The summed E-state index contributed by atoms with van der Waals surface area (Å²) in [5, 5.41) is 8.04. The number of hydrogen-bond donors (Lipinski definition) is 1. The Morgan fingerprint density at radius 1 is 1.18 bits per heavy atom. The number of ether oxygens (including phenoxy) is 1. The van der Waals surface area contributed by atoms with Gasteiger partial charge in [-0.1, -0.05) is 6.07 Å². The molecule has 1 aromatic carbocycles. The average Bonchev–Trinajstić information content (AvgIpc) is 3.43. The van der Waals surface area contributed by atoms with E-state index in [9.17, 15) is 22.0 Å². The van der Waals surface area contributed by atoms with Crippen LogP contribution in [0.4, 0.5) is 14.5 Å². The lowest BCUT2D eigenvalue weighted by Crippen LogP contribution is -2.52. The highest BCUT2D eigenvalue weighted by Gasteiger charge is 2.52. The summed E-state index contributed by atoms with van der Waals surface area (Å²) < 4.78 is 60.7. The van der Waals surface area contributed by atoms with Crippen LogP contribution in [-0.4, -0.2) is 63.7 Å². The minimum atomic E-state index is -3.99. The van der Waals surface area contributed by atoms with Crippen molar-refractivity contribution in [1.29, 1.82) is 5.41 Å². The molecule has 212 valence electrons. The van der Waals surface area contributed by atoms with E-state index in [0.717, 1.165) is 37.8 Å². The van der Waals surface area contributed by atoms with Gasteiger partial charge in [0.2, 0.25) is 16.9 Å². The van der Waals surface area contributed by atoms with Crippen LogP contribution in [0, 0.1) is 10.8 Å². The number of carbonyl (C=O) groups excluding carboxylic acids is 1. The van der Waals surface area contributed by atoms with E-state index in [1.807, 2.05) is 6.07 Å². The van der Waals surface area contributed by atoms with Crippen LogP contribution in [0.1, 0.15) is 38.5 Å². The Morgan fingerprint density at radius 3 is 2.73 bits per heavy atom. The summed E-state index contributed by atoms with van der Waals surface area (Å²) in [6.45, 7) is 0.258. The van der Waals surface area contributed by atoms with E-state index in [1.54, 1.807) is 30.4 Å². The van der Waals surface area contributed by atoms with Crippen LogP contribution in [0.25, 0.3) is 0 Å². The second-order valence-corrected chi connectivity index (χ2v) is 12.3. The lowest BCUT2D eigenvalue weighted by atomic mass is 9.68. The fourth-order valence-corrected chi connectivity index (χ4v) is 7.35. The molecule has 4 aliphatic rings. The van der Waals surface area contributed by atoms with E-state index in [0.29, 0.717) is 35.4 Å². The molecule has 8 nitrogen and oxygen atoms in total. The molecule has 2 heterocycles. The smallest absolute Gasteiger partial charge is 0.320 e. The van der Waals surface area contributed by atoms with Gasteiger partial charge in [-0.3, -0.25) is 9.79 Å². The summed E-state index contributed by atoms with van der Waals surface area (Å²) in [6, 6.07) is 6.81. The molecule has 5 rings (SSSR count). The van der Waals surface area contributed by atoms with Crippen molar-refractivity contribution in [2.75, 3.05) is 37.9 Å². The van der Waals surface area contributed by atoms with Crippen molar-refractivity contribution in [3.05, 3.63) is 71.2 Å². The summed E-state index contributed by atoms with van der Waals surface area (Å²) in [6.07, 6.45) is 10.4. The normalized spacial score (nSPS) is 24.9. The van der Waals surface area contributed by atoms with E-state index in [-0.39, 0.29) is 36.7 Å². The van der Waals surface area contributed by atoms with Crippen molar-refractivity contribution >= 4 is 33.6 Å². The molecular formula is C29H32F2N4O4S. The van der Waals surface area contributed by atoms with Crippen molar-refractivity contribution in [3.8, 4) is 0 Å². The maximum Gasteiger partial charge on any atom is 0.320 e. The van der Waals surface area contributed by atoms with Crippen LogP contribution in [0.5, 0.6) is 0 Å². The standard InChI is InChI=1S/C29H32F2N4O4S/c30-20-39-28(36)29-17-21(18-32)27(33-24-6-3-5-23(31)9-10-24)15-22(29)11-14-35(19-29)40(37,38)26-8-4-7-25(16-26)34-12-1-2-13-34/h4-5,7-10,15-16,18,32H,1-3,6,11-14,17,19-20H2. The number of allylic oxidation sites excluding steroid dienone is 6. The van der Waals surface area contributed by atoms with Gasteiger partial charge in [0.25, 0.3) is 0 Å². The first kappa shape index (κ1) is 28.1. The predicted octanol–water partition coefficient (Wildman–Crippen LogP) is 5.02. The maximum atomic E-state index is 13.8. The number of nitrogens with one attached hydrogen (secondary N) is 1. The molecule has 1 unspecified atom stereocenters. The number of benzene rings is 1. The van der Waals surface area contributed by atoms with Gasteiger partial charge in [0.05, 0.1) is 10.6 Å². The molecule has 1 aromatic rings. The van der Waals surface area contributed by atoms with E-state index in [4.69, 9.17) is 10.1 Å². The number of alkyl halides is 1. The van der Waals surface area contributed by atoms with Crippen LogP contribution >= 0.6 is 0 Å². The molecule has 1 N–H and O–H groups in total. The Morgan fingerprint density at radius 2 is 1.98 bits per heavy atom. The SMILES string of the molecule is N=CC1=C(N=C2C=CC(F)=CCC2)C=C2CCN(S(=O)(=O)c3cccc(N4CCCC4)c3)CC2(C(=O)OCF)C1. The van der Waals surface area contributed by atoms with E-state index < -0.39 is 28.3 Å². The van der Waals surface area contributed by atoms with Crippen LogP contribution in [-0.2, 0) is 19.6 Å². The third kappa shape index (κ3) is 5.44. The first-order valence-corrected chi connectivity index (χ1v) is 14.9. The zero-order chi connectivity index (χ0) is 28.3. The quantitative estimate of drug-likeness (QED) is 0.367. The van der Waals surface area contributed by atoms with Crippen molar-refractivity contribution in [1.82, 2.24) is 4.31 Å². The Balaban J connectivity index is 1.48. The molecule has 0 amide bonds. The molecule has 0 aromatic heterocycles. The van der Waals surface area contributed by atoms with Crippen molar-refractivity contribution < 1.29 is 26.7 Å². The van der Waals surface area contributed by atoms with E-state index in [1.165, 1.54) is 16.5 Å². The Kier molecular flexibility index (Phi) is 8.14. The number of aliphatic imine (C=N–C) groups is 1. The van der Waals surface area contributed by atoms with Crippen LogP contribution < -0.4 is 4.90 Å². The van der Waals surface area contributed by atoms with E-state index in [2.05, 4.69) is 9.89 Å². The van der Waals surface area contributed by atoms with Gasteiger partial charge in [0, 0.05) is 43.8 Å². The Bertz CT molecular complexity index is 1460. The summed E-state index contributed by atoms with van der Waals surface area (Å²) in [4.78, 5) is 20.2. The van der Waals surface area contributed by atoms with Gasteiger partial charge in [0.1, 0.15) is 11.2 Å². The zero-order valence-corrected chi connectivity index (χ0v) is 22.9. The second kappa shape index (κ2) is 11.6. The number of anilines is 1. The number of fused-ring (bicyclic) bond motifs is 1. The number of hydrogen-bond acceptors (Lipinski definition) is 7. The number of halogens is 2. The third-order valence-electron chi connectivity index (χ3n) is 7.94. The number of piperidine rings is 1. The summed E-state index contributed by atoms with van der Waals surface area (Å²) in [5.41, 5.74) is 1.37. The first-order chi connectivity index (χ1) is 19.3. The first-order valence-electron chi connectivity index (χ1n) is 13.4. The molecule has 40 heavy (non-hydrogen) atoms. The van der Waals surface area contributed by atoms with Crippen molar-refractivity contribution in [3.63, 3.8) is 0 Å². The molecule has 11 heteroatoms. The van der Waals surface area contributed by atoms with Gasteiger partial charge in [-0.2, -0.15) is 4.31 Å². The van der Waals surface area contributed by atoms with Crippen molar-refractivity contribution in [2.24, 2.45) is 10.4 Å². The second-order valence-electron chi connectivity index (χ2n) is 10.4. The highest BCUT2D eigenvalue weighted by molar-refractivity contribution is 7.89. The zero-order valence-electron chi connectivity index (χ0n) is 22.1. The van der Waals surface area contributed by atoms with Gasteiger partial charge in [-0.15, -0.1) is 0 Å². The molecule has 0 spiro atoms.